The van der Waals surface area contributed by atoms with E-state index in [9.17, 15) is 4.79 Å². The standard InChI is InChI=1S/C11H13ClO/c1-3-10-9(7-12)5-4-6-11(10)8(2)13/h4-6H,3,7H2,1-2H3. The second-order valence-electron chi connectivity index (χ2n) is 2.99. The molecule has 0 aliphatic rings. The first-order valence-corrected chi connectivity index (χ1v) is 4.91. The summed E-state index contributed by atoms with van der Waals surface area (Å²) in [6.45, 7) is 3.63. The van der Waals surface area contributed by atoms with Crippen LogP contribution in [0.5, 0.6) is 0 Å². The summed E-state index contributed by atoms with van der Waals surface area (Å²) in [5.74, 6) is 0.591. The molecule has 1 rings (SSSR count). The molecule has 0 fully saturated rings. The highest BCUT2D eigenvalue weighted by molar-refractivity contribution is 6.17. The highest BCUT2D eigenvalue weighted by atomic mass is 35.5. The zero-order valence-electron chi connectivity index (χ0n) is 7.93. The van der Waals surface area contributed by atoms with E-state index in [1.165, 1.54) is 0 Å². The third-order valence-corrected chi connectivity index (χ3v) is 2.44. The molecule has 1 aromatic rings. The van der Waals surface area contributed by atoms with Crippen LogP contribution in [0.1, 0.15) is 35.3 Å². The molecule has 13 heavy (non-hydrogen) atoms. The predicted octanol–water partition coefficient (Wildman–Crippen LogP) is 3.19. The molecular formula is C11H13ClO. The monoisotopic (exact) mass is 196 g/mol. The van der Waals surface area contributed by atoms with Gasteiger partial charge in [0.2, 0.25) is 0 Å². The number of hydrogen-bond acceptors (Lipinski definition) is 1. The fourth-order valence-corrected chi connectivity index (χ4v) is 1.76. The lowest BCUT2D eigenvalue weighted by Gasteiger charge is -2.08. The van der Waals surface area contributed by atoms with Crippen LogP contribution in [0.25, 0.3) is 0 Å². The summed E-state index contributed by atoms with van der Waals surface area (Å²) in [5, 5.41) is 0. The fraction of sp³-hybridized carbons (Fsp3) is 0.364. The van der Waals surface area contributed by atoms with Gasteiger partial charge in [-0.3, -0.25) is 4.79 Å². The summed E-state index contributed by atoms with van der Waals surface area (Å²) >= 11 is 5.78. The van der Waals surface area contributed by atoms with Crippen molar-refractivity contribution in [3.05, 3.63) is 34.9 Å². The Balaban J connectivity index is 3.27. The summed E-state index contributed by atoms with van der Waals surface area (Å²) in [7, 11) is 0. The van der Waals surface area contributed by atoms with E-state index in [0.29, 0.717) is 5.88 Å². The van der Waals surface area contributed by atoms with Gasteiger partial charge in [0.05, 0.1) is 0 Å². The molecule has 0 saturated carbocycles. The van der Waals surface area contributed by atoms with Gasteiger partial charge in [-0.05, 0) is 24.5 Å². The van der Waals surface area contributed by atoms with Crippen molar-refractivity contribution in [2.45, 2.75) is 26.1 Å². The largest absolute Gasteiger partial charge is 0.295 e. The van der Waals surface area contributed by atoms with E-state index in [-0.39, 0.29) is 5.78 Å². The van der Waals surface area contributed by atoms with Crippen LogP contribution in [0.3, 0.4) is 0 Å². The van der Waals surface area contributed by atoms with Crippen LogP contribution in [0, 0.1) is 0 Å². The quantitative estimate of drug-likeness (QED) is 0.536. The Labute approximate surface area is 83.7 Å². The van der Waals surface area contributed by atoms with Gasteiger partial charge in [0.25, 0.3) is 0 Å². The number of halogens is 1. The third kappa shape index (κ3) is 2.10. The fourth-order valence-electron chi connectivity index (χ4n) is 1.51. The molecular weight excluding hydrogens is 184 g/mol. The van der Waals surface area contributed by atoms with E-state index in [4.69, 9.17) is 11.6 Å². The lowest BCUT2D eigenvalue weighted by molar-refractivity contribution is 0.101. The molecule has 2 heteroatoms. The Bertz CT molecular complexity index is 318. The van der Waals surface area contributed by atoms with Crippen molar-refractivity contribution in [2.75, 3.05) is 0 Å². The molecule has 0 N–H and O–H groups in total. The van der Waals surface area contributed by atoms with Crippen LogP contribution in [0.2, 0.25) is 0 Å². The second-order valence-corrected chi connectivity index (χ2v) is 3.25. The summed E-state index contributed by atoms with van der Waals surface area (Å²) in [5.41, 5.74) is 2.96. The average Bonchev–Trinajstić information content (AvgIpc) is 2.16. The van der Waals surface area contributed by atoms with Crippen LogP contribution < -0.4 is 0 Å². The van der Waals surface area contributed by atoms with Crippen LogP contribution in [-0.4, -0.2) is 5.78 Å². The minimum absolute atomic E-state index is 0.115. The molecule has 0 saturated heterocycles. The third-order valence-electron chi connectivity index (χ3n) is 2.15. The maximum Gasteiger partial charge on any atom is 0.160 e. The predicted molar refractivity (Wildman–Crippen MR) is 55.4 cm³/mol. The number of rotatable bonds is 3. The van der Waals surface area contributed by atoms with Crippen molar-refractivity contribution in [1.29, 1.82) is 0 Å². The molecule has 0 radical (unpaired) electrons. The van der Waals surface area contributed by atoms with E-state index < -0.39 is 0 Å². The second kappa shape index (κ2) is 4.43. The van der Waals surface area contributed by atoms with Crippen molar-refractivity contribution in [2.24, 2.45) is 0 Å². The van der Waals surface area contributed by atoms with Gasteiger partial charge in [-0.15, -0.1) is 11.6 Å². The lowest BCUT2D eigenvalue weighted by atomic mass is 9.97. The summed E-state index contributed by atoms with van der Waals surface area (Å²) in [6, 6.07) is 5.71. The van der Waals surface area contributed by atoms with Gasteiger partial charge >= 0.3 is 0 Å². The molecule has 0 atom stereocenters. The van der Waals surface area contributed by atoms with Gasteiger partial charge in [-0.2, -0.15) is 0 Å². The van der Waals surface area contributed by atoms with E-state index in [1.54, 1.807) is 6.92 Å². The maximum atomic E-state index is 11.3. The van der Waals surface area contributed by atoms with Crippen molar-refractivity contribution in [3.63, 3.8) is 0 Å². The van der Waals surface area contributed by atoms with Crippen LogP contribution in [0.15, 0.2) is 18.2 Å². The van der Waals surface area contributed by atoms with E-state index in [0.717, 1.165) is 23.1 Å². The molecule has 1 aromatic carbocycles. The van der Waals surface area contributed by atoms with Crippen LogP contribution in [-0.2, 0) is 12.3 Å². The Morgan fingerprint density at radius 2 is 2.15 bits per heavy atom. The summed E-state index contributed by atoms with van der Waals surface area (Å²) < 4.78 is 0. The van der Waals surface area contributed by atoms with Crippen molar-refractivity contribution in [3.8, 4) is 0 Å². The van der Waals surface area contributed by atoms with Gasteiger partial charge in [0.15, 0.2) is 5.78 Å². The van der Waals surface area contributed by atoms with Gasteiger partial charge < -0.3 is 0 Å². The zero-order valence-corrected chi connectivity index (χ0v) is 8.69. The lowest BCUT2D eigenvalue weighted by Crippen LogP contribution is -2.01. The molecule has 0 aromatic heterocycles. The number of carbonyl (C=O) groups is 1. The molecule has 0 aliphatic carbocycles. The summed E-state index contributed by atoms with van der Waals surface area (Å²) in [4.78, 5) is 11.3. The summed E-state index contributed by atoms with van der Waals surface area (Å²) in [6.07, 6.45) is 0.859. The molecule has 0 bridgehead atoms. The maximum absolute atomic E-state index is 11.3. The Hall–Kier alpha value is -0.820. The van der Waals surface area contributed by atoms with Gasteiger partial charge in [-0.25, -0.2) is 0 Å². The van der Waals surface area contributed by atoms with E-state index in [1.807, 2.05) is 25.1 Å². The van der Waals surface area contributed by atoms with Crippen molar-refractivity contribution in [1.82, 2.24) is 0 Å². The number of benzene rings is 1. The van der Waals surface area contributed by atoms with Crippen LogP contribution in [0.4, 0.5) is 0 Å². The number of Topliss-reactive ketones (excluding diaryl/α,β-unsaturated/α-hetero) is 1. The minimum Gasteiger partial charge on any atom is -0.295 e. The topological polar surface area (TPSA) is 17.1 Å². The van der Waals surface area contributed by atoms with Crippen molar-refractivity contribution < 1.29 is 4.79 Å². The SMILES string of the molecule is CCc1c(CCl)cccc1C(C)=O. The molecule has 70 valence electrons. The highest BCUT2D eigenvalue weighted by Gasteiger charge is 2.08. The molecule has 0 spiro atoms. The smallest absolute Gasteiger partial charge is 0.160 e. The van der Waals surface area contributed by atoms with Crippen molar-refractivity contribution >= 4 is 17.4 Å². The molecule has 0 heterocycles. The van der Waals surface area contributed by atoms with Gasteiger partial charge in [0, 0.05) is 11.4 Å². The van der Waals surface area contributed by atoms with E-state index in [2.05, 4.69) is 0 Å². The number of hydrogen-bond donors (Lipinski definition) is 0. The zero-order chi connectivity index (χ0) is 9.84. The normalized spacial score (nSPS) is 10.1. The van der Waals surface area contributed by atoms with Gasteiger partial charge in [-0.1, -0.05) is 25.1 Å². The Morgan fingerprint density at radius 3 is 2.62 bits per heavy atom. The van der Waals surface area contributed by atoms with E-state index >= 15 is 0 Å². The average molecular weight is 197 g/mol. The highest BCUT2D eigenvalue weighted by Crippen LogP contribution is 2.18. The number of alkyl halides is 1. The van der Waals surface area contributed by atoms with Crippen LogP contribution >= 0.6 is 11.6 Å². The minimum atomic E-state index is 0.115. The molecule has 1 nitrogen and oxygen atoms in total. The Kier molecular flexibility index (Phi) is 3.49. The van der Waals surface area contributed by atoms with Gasteiger partial charge in [0.1, 0.15) is 0 Å². The first-order valence-electron chi connectivity index (χ1n) is 4.38. The molecule has 0 aliphatic heterocycles. The molecule has 0 unspecified atom stereocenters. The first kappa shape index (κ1) is 10.3. The molecule has 0 amide bonds. The number of ketones is 1. The number of carbonyl (C=O) groups excluding carboxylic acids is 1. The Morgan fingerprint density at radius 1 is 1.46 bits per heavy atom. The first-order chi connectivity index (χ1) is 6.20.